The van der Waals surface area contributed by atoms with Crippen molar-refractivity contribution in [2.24, 2.45) is 0 Å². The number of aromatic hydroxyl groups is 1. The largest absolute Gasteiger partial charge is 0.508 e. The van der Waals surface area contributed by atoms with E-state index in [1.165, 1.54) is 24.3 Å². The molecule has 0 unspecified atom stereocenters. The van der Waals surface area contributed by atoms with Crippen LogP contribution in [0.4, 0.5) is 4.79 Å². The second-order valence-electron chi connectivity index (χ2n) is 5.30. The summed E-state index contributed by atoms with van der Waals surface area (Å²) in [6.45, 7) is 3.37. The van der Waals surface area contributed by atoms with Crippen LogP contribution >= 0.6 is 0 Å². The molecule has 3 N–H and O–H groups in total. The number of amides is 2. The number of hydrogen-bond acceptors (Lipinski definition) is 6. The molecule has 1 atom stereocenters. The number of rotatable bonds is 6. The van der Waals surface area contributed by atoms with E-state index in [2.05, 4.69) is 10.6 Å². The van der Waals surface area contributed by atoms with E-state index in [0.717, 1.165) is 0 Å². The van der Waals surface area contributed by atoms with Gasteiger partial charge in [0.2, 0.25) is 0 Å². The number of ether oxygens (including phenoxy) is 2. The molecule has 0 aliphatic carbocycles. The fourth-order valence-electron chi connectivity index (χ4n) is 2.43. The molecule has 0 saturated carbocycles. The van der Waals surface area contributed by atoms with Gasteiger partial charge in [-0.05, 0) is 31.5 Å². The molecule has 1 aliphatic heterocycles. The Kier molecular flexibility index (Phi) is 5.99. The van der Waals surface area contributed by atoms with Gasteiger partial charge in [-0.3, -0.25) is 0 Å². The maximum absolute atomic E-state index is 12.2. The Bertz CT molecular complexity index is 713. The van der Waals surface area contributed by atoms with Crippen molar-refractivity contribution < 1.29 is 29.0 Å². The number of carbonyl (C=O) groups is 3. The normalized spacial score (nSPS) is 16.7. The summed E-state index contributed by atoms with van der Waals surface area (Å²) in [7, 11) is 0. The van der Waals surface area contributed by atoms with Crippen molar-refractivity contribution in [3.05, 3.63) is 41.1 Å². The lowest BCUT2D eigenvalue weighted by Crippen LogP contribution is -2.51. The van der Waals surface area contributed by atoms with Gasteiger partial charge >= 0.3 is 18.0 Å². The van der Waals surface area contributed by atoms with Crippen LogP contribution in [0, 0.1) is 0 Å². The van der Waals surface area contributed by atoms with E-state index in [9.17, 15) is 19.5 Å². The molecule has 0 fully saturated rings. The molecule has 1 aliphatic rings. The lowest BCUT2D eigenvalue weighted by Gasteiger charge is -2.28. The molecule has 1 heterocycles. The highest BCUT2D eigenvalue weighted by molar-refractivity contribution is 5.95. The van der Waals surface area contributed by atoms with Crippen LogP contribution in [0.1, 0.15) is 30.6 Å². The van der Waals surface area contributed by atoms with Gasteiger partial charge in [-0.2, -0.15) is 0 Å². The third kappa shape index (κ3) is 4.50. The second kappa shape index (κ2) is 8.18. The van der Waals surface area contributed by atoms with Gasteiger partial charge < -0.3 is 25.2 Å². The highest BCUT2D eigenvalue weighted by Gasteiger charge is 2.32. The predicted octanol–water partition coefficient (Wildman–Crippen LogP) is 1.46. The summed E-state index contributed by atoms with van der Waals surface area (Å²) >= 11 is 0. The van der Waals surface area contributed by atoms with Crippen LogP contribution in [0.3, 0.4) is 0 Å². The predicted molar refractivity (Wildman–Crippen MR) is 87.8 cm³/mol. The number of hydrogen-bond donors (Lipinski definition) is 3. The number of carbonyl (C=O) groups excluding carboxylic acids is 3. The SMILES string of the molecule is CCOC(=O)C1=C(COC(=O)c2cccc(O)c2)NC(=O)N[C@@H]1CC. The van der Waals surface area contributed by atoms with Crippen molar-refractivity contribution in [1.29, 1.82) is 0 Å². The molecule has 1 aromatic carbocycles. The Labute approximate surface area is 144 Å². The van der Waals surface area contributed by atoms with E-state index in [4.69, 9.17) is 9.47 Å². The van der Waals surface area contributed by atoms with Gasteiger partial charge in [0.1, 0.15) is 12.4 Å². The molecule has 25 heavy (non-hydrogen) atoms. The third-order valence-electron chi connectivity index (χ3n) is 3.58. The first-order valence-electron chi connectivity index (χ1n) is 7.90. The molecule has 8 nitrogen and oxygen atoms in total. The average Bonchev–Trinajstić information content (AvgIpc) is 2.59. The standard InChI is InChI=1S/C17H20N2O6/c1-3-12-14(16(22)24-4-2)13(19-17(23)18-12)9-25-15(21)10-6-5-7-11(20)8-10/h5-8,12,20H,3-4,9H2,1-2H3,(H2,18,19,23)/t12-/m1/s1. The number of benzene rings is 1. The van der Waals surface area contributed by atoms with Crippen molar-refractivity contribution in [2.45, 2.75) is 26.3 Å². The summed E-state index contributed by atoms with van der Waals surface area (Å²) in [4.78, 5) is 36.0. The Morgan fingerprint density at radius 2 is 1.96 bits per heavy atom. The van der Waals surface area contributed by atoms with Crippen LogP contribution in [0.15, 0.2) is 35.5 Å². The fraction of sp³-hybridized carbons (Fsp3) is 0.353. The first kappa shape index (κ1) is 18.3. The van der Waals surface area contributed by atoms with Crippen molar-refractivity contribution in [2.75, 3.05) is 13.2 Å². The van der Waals surface area contributed by atoms with Crippen molar-refractivity contribution in [1.82, 2.24) is 10.6 Å². The third-order valence-corrected chi connectivity index (χ3v) is 3.58. The zero-order valence-electron chi connectivity index (χ0n) is 14.0. The molecule has 2 rings (SSSR count). The Morgan fingerprint density at radius 3 is 2.60 bits per heavy atom. The highest BCUT2D eigenvalue weighted by Crippen LogP contribution is 2.18. The molecule has 8 heteroatoms. The zero-order chi connectivity index (χ0) is 18.4. The van der Waals surface area contributed by atoms with Crippen molar-refractivity contribution in [3.63, 3.8) is 0 Å². The lowest BCUT2D eigenvalue weighted by atomic mass is 10.0. The molecule has 0 bridgehead atoms. The summed E-state index contributed by atoms with van der Waals surface area (Å²) in [6, 6.07) is 4.67. The monoisotopic (exact) mass is 348 g/mol. The van der Waals surface area contributed by atoms with Crippen LogP contribution in [0.25, 0.3) is 0 Å². The molecule has 0 aromatic heterocycles. The van der Waals surface area contributed by atoms with Crippen LogP contribution in [0.2, 0.25) is 0 Å². The Morgan fingerprint density at radius 1 is 1.20 bits per heavy atom. The van der Waals surface area contributed by atoms with E-state index < -0.39 is 24.0 Å². The minimum absolute atomic E-state index is 0.0675. The fourth-order valence-corrected chi connectivity index (χ4v) is 2.43. The van der Waals surface area contributed by atoms with Crippen LogP contribution in [-0.4, -0.2) is 42.3 Å². The first-order valence-corrected chi connectivity index (χ1v) is 7.90. The molecule has 2 amide bonds. The van der Waals surface area contributed by atoms with Gasteiger partial charge in [0, 0.05) is 0 Å². The molecule has 0 saturated heterocycles. The van der Waals surface area contributed by atoms with Crippen molar-refractivity contribution in [3.8, 4) is 5.75 Å². The first-order chi connectivity index (χ1) is 12.0. The second-order valence-corrected chi connectivity index (χ2v) is 5.30. The topological polar surface area (TPSA) is 114 Å². The maximum Gasteiger partial charge on any atom is 0.338 e. The van der Waals surface area contributed by atoms with Gasteiger partial charge in [0.25, 0.3) is 0 Å². The minimum atomic E-state index is -0.688. The van der Waals surface area contributed by atoms with Gasteiger partial charge in [-0.1, -0.05) is 13.0 Å². The summed E-state index contributed by atoms with van der Waals surface area (Å²) in [5, 5.41) is 14.5. The molecule has 1 aromatic rings. The average molecular weight is 348 g/mol. The number of urea groups is 1. The zero-order valence-corrected chi connectivity index (χ0v) is 14.0. The summed E-state index contributed by atoms with van der Waals surface area (Å²) in [5.41, 5.74) is 0.570. The smallest absolute Gasteiger partial charge is 0.338 e. The van der Waals surface area contributed by atoms with E-state index >= 15 is 0 Å². The van der Waals surface area contributed by atoms with E-state index in [1.54, 1.807) is 6.92 Å². The van der Waals surface area contributed by atoms with Gasteiger partial charge in [-0.25, -0.2) is 14.4 Å². The highest BCUT2D eigenvalue weighted by atomic mass is 16.5. The Balaban J connectivity index is 2.21. The number of phenolic OH excluding ortho intramolecular Hbond substituents is 1. The quantitative estimate of drug-likeness (QED) is 0.671. The maximum atomic E-state index is 12.2. The van der Waals surface area contributed by atoms with E-state index in [-0.39, 0.29) is 35.8 Å². The lowest BCUT2D eigenvalue weighted by molar-refractivity contribution is -0.139. The molecule has 0 radical (unpaired) electrons. The number of nitrogens with one attached hydrogen (secondary N) is 2. The number of esters is 2. The summed E-state index contributed by atoms with van der Waals surface area (Å²) in [5.74, 6) is -1.33. The van der Waals surface area contributed by atoms with Gasteiger partial charge in [0.05, 0.1) is 29.5 Å². The van der Waals surface area contributed by atoms with E-state index in [0.29, 0.717) is 6.42 Å². The molecule has 0 spiro atoms. The molecular weight excluding hydrogens is 328 g/mol. The van der Waals surface area contributed by atoms with Crippen molar-refractivity contribution >= 4 is 18.0 Å². The van der Waals surface area contributed by atoms with Crippen LogP contribution < -0.4 is 10.6 Å². The summed E-state index contributed by atoms with van der Waals surface area (Å²) in [6.07, 6.45) is 0.478. The van der Waals surface area contributed by atoms with Gasteiger partial charge in [0.15, 0.2) is 0 Å². The van der Waals surface area contributed by atoms with Gasteiger partial charge in [-0.15, -0.1) is 0 Å². The summed E-state index contributed by atoms with van der Waals surface area (Å²) < 4.78 is 10.2. The van der Waals surface area contributed by atoms with Crippen LogP contribution in [-0.2, 0) is 14.3 Å². The molecule has 134 valence electrons. The minimum Gasteiger partial charge on any atom is -0.508 e. The number of phenols is 1. The van der Waals surface area contributed by atoms with E-state index in [1.807, 2.05) is 6.92 Å². The Hall–Kier alpha value is -3.03. The van der Waals surface area contributed by atoms with Crippen LogP contribution in [0.5, 0.6) is 5.75 Å². The molecular formula is C17H20N2O6.